The third-order valence-corrected chi connectivity index (χ3v) is 10.0. The first kappa shape index (κ1) is 22.0. The summed E-state index contributed by atoms with van der Waals surface area (Å²) in [5.41, 5.74) is 6.58. The van der Waals surface area contributed by atoms with E-state index in [2.05, 4.69) is 140 Å². The third-order valence-electron chi connectivity index (χ3n) is 8.51. The van der Waals surface area contributed by atoms with E-state index in [1.807, 2.05) is 11.8 Å². The first-order chi connectivity index (χ1) is 18.7. The van der Waals surface area contributed by atoms with E-state index in [0.717, 1.165) is 0 Å². The van der Waals surface area contributed by atoms with Crippen LogP contribution in [0.4, 0.5) is 0 Å². The van der Waals surface area contributed by atoms with E-state index in [9.17, 15) is 0 Å². The van der Waals surface area contributed by atoms with Crippen LogP contribution in [0.2, 0.25) is 0 Å². The molecule has 0 spiro atoms. The van der Waals surface area contributed by atoms with E-state index in [0.29, 0.717) is 5.25 Å². The Morgan fingerprint density at radius 3 is 1.89 bits per heavy atom. The molecule has 0 fully saturated rings. The molecule has 180 valence electrons. The molecule has 2 aliphatic rings. The zero-order valence-electron chi connectivity index (χ0n) is 21.2. The number of hydrogen-bond acceptors (Lipinski definition) is 1. The average Bonchev–Trinajstić information content (AvgIpc) is 3.28. The van der Waals surface area contributed by atoms with Crippen molar-refractivity contribution >= 4 is 49.7 Å². The van der Waals surface area contributed by atoms with Gasteiger partial charge in [0.15, 0.2) is 0 Å². The number of fused-ring (bicyclic) bond motifs is 9. The summed E-state index contributed by atoms with van der Waals surface area (Å²) in [5.74, 6) is 0. The average molecular weight is 503 g/mol. The van der Waals surface area contributed by atoms with Crippen molar-refractivity contribution in [2.75, 3.05) is 0 Å². The van der Waals surface area contributed by atoms with Crippen LogP contribution < -0.4 is 0 Å². The molecule has 38 heavy (non-hydrogen) atoms. The highest BCUT2D eigenvalue weighted by atomic mass is 32.2. The summed E-state index contributed by atoms with van der Waals surface area (Å²) in [5, 5.41) is 8.33. The Balaban J connectivity index is 1.33. The molecule has 6 aromatic carbocycles. The molecule has 0 amide bonds. The Hall–Kier alpha value is -4.07. The van der Waals surface area contributed by atoms with Gasteiger partial charge in [0, 0.05) is 15.6 Å². The largest absolute Gasteiger partial charge is 0.117 e. The maximum Gasteiger partial charge on any atom is 0.0407 e. The lowest BCUT2D eigenvalue weighted by Gasteiger charge is -2.31. The van der Waals surface area contributed by atoms with Crippen LogP contribution in [0, 0.1) is 0 Å². The van der Waals surface area contributed by atoms with Gasteiger partial charge in [-0.25, -0.2) is 0 Å². The van der Waals surface area contributed by atoms with Crippen molar-refractivity contribution in [3.8, 4) is 11.1 Å². The van der Waals surface area contributed by atoms with E-state index in [4.69, 9.17) is 0 Å². The van der Waals surface area contributed by atoms with Gasteiger partial charge in [0.05, 0.1) is 0 Å². The fourth-order valence-corrected chi connectivity index (χ4v) is 8.06. The van der Waals surface area contributed by atoms with Crippen LogP contribution >= 0.6 is 11.8 Å². The van der Waals surface area contributed by atoms with E-state index in [-0.39, 0.29) is 5.41 Å². The van der Waals surface area contributed by atoms with E-state index in [1.54, 1.807) is 0 Å². The Kier molecular flexibility index (Phi) is 4.75. The highest BCUT2D eigenvalue weighted by molar-refractivity contribution is 8.00. The van der Waals surface area contributed by atoms with Crippen LogP contribution in [0.5, 0.6) is 0 Å². The first-order valence-electron chi connectivity index (χ1n) is 13.3. The normalized spacial score (nSPS) is 20.0. The second-order valence-corrected chi connectivity index (χ2v) is 11.9. The lowest BCUT2D eigenvalue weighted by Crippen LogP contribution is -2.29. The van der Waals surface area contributed by atoms with Gasteiger partial charge in [-0.1, -0.05) is 128 Å². The molecule has 8 rings (SSSR count). The molecule has 0 aromatic heterocycles. The molecule has 6 aromatic rings. The van der Waals surface area contributed by atoms with Crippen LogP contribution in [0.15, 0.2) is 138 Å². The molecule has 0 N–H and O–H groups in total. The van der Waals surface area contributed by atoms with Crippen molar-refractivity contribution < 1.29 is 0 Å². The Bertz CT molecular complexity index is 1940. The molecule has 0 radical (unpaired) electrons. The molecule has 1 heteroatoms. The monoisotopic (exact) mass is 502 g/mol. The molecule has 2 unspecified atom stereocenters. The number of benzene rings is 6. The predicted molar refractivity (Wildman–Crippen MR) is 165 cm³/mol. The van der Waals surface area contributed by atoms with Gasteiger partial charge in [-0.2, -0.15) is 0 Å². The zero-order chi connectivity index (χ0) is 25.3. The highest BCUT2D eigenvalue weighted by Gasteiger charge is 2.42. The molecule has 0 saturated carbocycles. The van der Waals surface area contributed by atoms with Crippen LogP contribution in [0.25, 0.3) is 49.0 Å². The van der Waals surface area contributed by atoms with Crippen LogP contribution in [0.3, 0.4) is 0 Å². The molecule has 2 atom stereocenters. The molecule has 0 nitrogen and oxygen atoms in total. The molecule has 0 bridgehead atoms. The van der Waals surface area contributed by atoms with Gasteiger partial charge in [-0.3, -0.25) is 0 Å². The van der Waals surface area contributed by atoms with Gasteiger partial charge in [0.1, 0.15) is 0 Å². The third kappa shape index (κ3) is 3.12. The second kappa shape index (κ2) is 8.21. The van der Waals surface area contributed by atoms with Crippen molar-refractivity contribution in [1.82, 2.24) is 0 Å². The topological polar surface area (TPSA) is 0 Å². The second-order valence-electron chi connectivity index (χ2n) is 10.7. The molecule has 1 aliphatic carbocycles. The number of thioether (sulfide) groups is 1. The van der Waals surface area contributed by atoms with Crippen molar-refractivity contribution in [3.05, 3.63) is 145 Å². The summed E-state index contributed by atoms with van der Waals surface area (Å²) in [7, 11) is 0. The van der Waals surface area contributed by atoms with Crippen LogP contribution in [0.1, 0.15) is 18.1 Å². The summed E-state index contributed by atoms with van der Waals surface area (Å²) < 4.78 is 0. The number of rotatable bonds is 2. The minimum atomic E-state index is -0.00302. The summed E-state index contributed by atoms with van der Waals surface area (Å²) in [6.07, 6.45) is 7.27. The highest BCUT2D eigenvalue weighted by Crippen LogP contribution is 2.54. The van der Waals surface area contributed by atoms with Gasteiger partial charge >= 0.3 is 0 Å². The lowest BCUT2D eigenvalue weighted by molar-refractivity contribution is 0.622. The lowest BCUT2D eigenvalue weighted by atomic mass is 9.74. The van der Waals surface area contributed by atoms with E-state index >= 15 is 0 Å². The predicted octanol–water partition coefficient (Wildman–Crippen LogP) is 10.2. The van der Waals surface area contributed by atoms with Crippen molar-refractivity contribution in [2.24, 2.45) is 0 Å². The Labute approximate surface area is 227 Å². The number of hydrogen-bond donors (Lipinski definition) is 0. The van der Waals surface area contributed by atoms with Gasteiger partial charge in [0.25, 0.3) is 0 Å². The fraction of sp³-hybridized carbons (Fsp3) is 0.0811. The SMILES string of the molecule is CC12C=C(c3ccccc3-c3ccc4c5ccccc5c5ccccc5c4c3)C=CC1Sc1ccccc12. The summed E-state index contributed by atoms with van der Waals surface area (Å²) in [4.78, 5) is 1.41. The maximum absolute atomic E-state index is 2.51. The molecule has 1 heterocycles. The summed E-state index contributed by atoms with van der Waals surface area (Å²) in [6, 6.07) is 42.4. The van der Waals surface area contributed by atoms with E-state index in [1.165, 1.54) is 65.0 Å². The molecule has 0 saturated heterocycles. The summed E-state index contributed by atoms with van der Waals surface area (Å²) in [6.45, 7) is 2.40. The standard InChI is InChI=1S/C37H26S/c1-37-23-25(19-21-36(37)38-35-17-9-8-16-34(35)37)27-11-3-2-10-26(27)24-18-20-32-30-14-5-4-12-28(30)29-13-6-7-15-31(29)33(32)22-24/h2-23,36H,1H3. The minimum absolute atomic E-state index is 0.00302. The van der Waals surface area contributed by atoms with Crippen molar-refractivity contribution in [1.29, 1.82) is 0 Å². The molecular formula is C37H26S. The zero-order valence-corrected chi connectivity index (χ0v) is 22.0. The van der Waals surface area contributed by atoms with Crippen molar-refractivity contribution in [3.63, 3.8) is 0 Å². The smallest absolute Gasteiger partial charge is 0.0407 e. The molecule has 1 aliphatic heterocycles. The summed E-state index contributed by atoms with van der Waals surface area (Å²) >= 11 is 1.99. The van der Waals surface area contributed by atoms with Gasteiger partial charge in [-0.15, -0.1) is 11.8 Å². The quantitative estimate of drug-likeness (QED) is 0.212. The Morgan fingerprint density at radius 2 is 1.16 bits per heavy atom. The van der Waals surface area contributed by atoms with Gasteiger partial charge < -0.3 is 0 Å². The maximum atomic E-state index is 2.51. The molecular weight excluding hydrogens is 476 g/mol. The van der Waals surface area contributed by atoms with Crippen LogP contribution in [-0.2, 0) is 5.41 Å². The Morgan fingerprint density at radius 1 is 0.579 bits per heavy atom. The van der Waals surface area contributed by atoms with Gasteiger partial charge in [0.2, 0.25) is 0 Å². The van der Waals surface area contributed by atoms with Crippen molar-refractivity contribution in [2.45, 2.75) is 22.5 Å². The number of allylic oxidation sites excluding steroid dienone is 3. The van der Waals surface area contributed by atoms with Gasteiger partial charge in [-0.05, 0) is 72.3 Å². The first-order valence-corrected chi connectivity index (χ1v) is 14.2. The fourth-order valence-electron chi connectivity index (χ4n) is 6.62. The van der Waals surface area contributed by atoms with E-state index < -0.39 is 0 Å². The minimum Gasteiger partial charge on any atom is -0.117 e. The van der Waals surface area contributed by atoms with Crippen LogP contribution in [-0.4, -0.2) is 5.25 Å².